The van der Waals surface area contributed by atoms with E-state index in [9.17, 15) is 28.1 Å². The zero-order valence-corrected chi connectivity index (χ0v) is 15.5. The smallest absolute Gasteiger partial charge is 0.372 e. The summed E-state index contributed by atoms with van der Waals surface area (Å²) in [5, 5.41) is 13.4. The van der Waals surface area contributed by atoms with Crippen molar-refractivity contribution in [2.24, 2.45) is 0 Å². The highest BCUT2D eigenvalue weighted by atomic mass is 19.4. The van der Waals surface area contributed by atoms with Gasteiger partial charge in [-0.05, 0) is 43.0 Å². The van der Waals surface area contributed by atoms with E-state index in [-0.39, 0.29) is 6.54 Å². The Bertz CT molecular complexity index is 892. The van der Waals surface area contributed by atoms with Gasteiger partial charge in [0.2, 0.25) is 0 Å². The maximum Gasteiger partial charge on any atom is 0.416 e. The van der Waals surface area contributed by atoms with Crippen molar-refractivity contribution in [3.8, 4) is 0 Å². The first-order valence-corrected chi connectivity index (χ1v) is 9.23. The lowest BCUT2D eigenvalue weighted by atomic mass is 10.1. The van der Waals surface area contributed by atoms with Crippen LogP contribution in [0.15, 0.2) is 42.5 Å². The Morgan fingerprint density at radius 2 is 1.72 bits per heavy atom. The lowest BCUT2D eigenvalue weighted by Gasteiger charge is -2.28. The van der Waals surface area contributed by atoms with Crippen LogP contribution in [0.3, 0.4) is 0 Å². The summed E-state index contributed by atoms with van der Waals surface area (Å²) in [4.78, 5) is 24.5. The van der Waals surface area contributed by atoms with Crippen molar-refractivity contribution >= 4 is 17.3 Å². The highest BCUT2D eigenvalue weighted by molar-refractivity contribution is 5.95. The molecule has 0 aromatic heterocycles. The summed E-state index contributed by atoms with van der Waals surface area (Å²) in [6.45, 7) is 2.11. The van der Waals surface area contributed by atoms with Gasteiger partial charge in [0.25, 0.3) is 11.6 Å². The lowest BCUT2D eigenvalue weighted by Crippen LogP contribution is -2.29. The molecule has 0 radical (unpaired) electrons. The fourth-order valence-corrected chi connectivity index (χ4v) is 3.27. The second kappa shape index (κ2) is 8.50. The number of piperidine rings is 1. The number of nitro benzene ring substituents is 1. The van der Waals surface area contributed by atoms with E-state index in [1.165, 1.54) is 6.42 Å². The van der Waals surface area contributed by atoms with E-state index in [1.54, 1.807) is 0 Å². The second-order valence-electron chi connectivity index (χ2n) is 6.92. The monoisotopic (exact) mass is 407 g/mol. The van der Waals surface area contributed by atoms with Gasteiger partial charge < -0.3 is 10.2 Å². The molecule has 154 valence electrons. The predicted octanol–water partition coefficient (Wildman–Crippen LogP) is 4.53. The summed E-state index contributed by atoms with van der Waals surface area (Å²) < 4.78 is 38.9. The van der Waals surface area contributed by atoms with Crippen molar-refractivity contribution in [1.29, 1.82) is 0 Å². The van der Waals surface area contributed by atoms with Gasteiger partial charge in [0.1, 0.15) is 0 Å². The van der Waals surface area contributed by atoms with Gasteiger partial charge in [0.15, 0.2) is 0 Å². The van der Waals surface area contributed by atoms with Crippen molar-refractivity contribution in [2.45, 2.75) is 32.0 Å². The van der Waals surface area contributed by atoms with E-state index in [2.05, 4.69) is 10.2 Å². The minimum absolute atomic E-state index is 0.100. The maximum atomic E-state index is 13.0. The highest BCUT2D eigenvalue weighted by Gasteiger charge is 2.33. The second-order valence-corrected chi connectivity index (χ2v) is 6.92. The molecule has 0 bridgehead atoms. The topological polar surface area (TPSA) is 75.5 Å². The summed E-state index contributed by atoms with van der Waals surface area (Å²) >= 11 is 0. The molecule has 2 aromatic carbocycles. The predicted molar refractivity (Wildman–Crippen MR) is 102 cm³/mol. The number of hydrogen-bond acceptors (Lipinski definition) is 4. The zero-order chi connectivity index (χ0) is 21.0. The molecule has 1 N–H and O–H groups in total. The third kappa shape index (κ3) is 5.24. The first-order valence-electron chi connectivity index (χ1n) is 9.23. The summed E-state index contributed by atoms with van der Waals surface area (Å²) in [6, 6.07) is 9.45. The standard InChI is InChI=1S/C20H20F3N3O3/c21-20(22,23)16-10-15(11-18(12-16)26(28)29)19(27)24-13-14-4-6-17(7-5-14)25-8-2-1-3-9-25/h4-7,10-12H,1-3,8-9,13H2,(H,24,27). The van der Waals surface area contributed by atoms with Gasteiger partial charge in [-0.15, -0.1) is 0 Å². The van der Waals surface area contributed by atoms with Crippen LogP contribution >= 0.6 is 0 Å². The maximum absolute atomic E-state index is 13.0. The number of amides is 1. The number of nitrogens with zero attached hydrogens (tertiary/aromatic N) is 2. The molecule has 2 aromatic rings. The van der Waals surface area contributed by atoms with Crippen LogP contribution in [0.25, 0.3) is 0 Å². The Morgan fingerprint density at radius 3 is 2.31 bits per heavy atom. The first-order chi connectivity index (χ1) is 13.7. The van der Waals surface area contributed by atoms with Gasteiger partial charge in [-0.3, -0.25) is 14.9 Å². The molecular weight excluding hydrogens is 387 g/mol. The lowest BCUT2D eigenvalue weighted by molar-refractivity contribution is -0.385. The van der Waals surface area contributed by atoms with Gasteiger partial charge in [-0.25, -0.2) is 0 Å². The molecule has 29 heavy (non-hydrogen) atoms. The van der Waals surface area contributed by atoms with Crippen molar-refractivity contribution < 1.29 is 22.9 Å². The normalized spacial score (nSPS) is 14.5. The summed E-state index contributed by atoms with van der Waals surface area (Å²) in [7, 11) is 0. The number of nitro groups is 1. The van der Waals surface area contributed by atoms with Crippen LogP contribution in [0.1, 0.15) is 40.7 Å². The van der Waals surface area contributed by atoms with Crippen LogP contribution in [-0.4, -0.2) is 23.9 Å². The summed E-state index contributed by atoms with van der Waals surface area (Å²) in [6.07, 6.45) is -1.25. The molecule has 0 atom stereocenters. The van der Waals surface area contributed by atoms with Crippen LogP contribution in [0.4, 0.5) is 24.5 Å². The first kappa shape index (κ1) is 20.6. The molecular formula is C20H20F3N3O3. The molecule has 6 nitrogen and oxygen atoms in total. The highest BCUT2D eigenvalue weighted by Crippen LogP contribution is 2.32. The zero-order valence-electron chi connectivity index (χ0n) is 15.5. The number of benzene rings is 2. The van der Waals surface area contributed by atoms with Gasteiger partial charge >= 0.3 is 6.18 Å². The number of carbonyl (C=O) groups excluding carboxylic acids is 1. The number of hydrogen-bond donors (Lipinski definition) is 1. The van der Waals surface area contributed by atoms with Crippen LogP contribution in [-0.2, 0) is 12.7 Å². The molecule has 0 aliphatic carbocycles. The average Bonchev–Trinajstić information content (AvgIpc) is 2.72. The number of anilines is 1. The quantitative estimate of drug-likeness (QED) is 0.584. The van der Waals surface area contributed by atoms with Crippen LogP contribution in [0, 0.1) is 10.1 Å². The van der Waals surface area contributed by atoms with Crippen molar-refractivity contribution in [2.75, 3.05) is 18.0 Å². The molecule has 1 aliphatic heterocycles. The van der Waals surface area contributed by atoms with Crippen molar-refractivity contribution in [3.63, 3.8) is 0 Å². The minimum Gasteiger partial charge on any atom is -0.372 e. The molecule has 1 saturated heterocycles. The minimum atomic E-state index is -4.79. The van der Waals surface area contributed by atoms with E-state index in [0.29, 0.717) is 12.1 Å². The number of nitrogens with one attached hydrogen (secondary N) is 1. The molecule has 0 saturated carbocycles. The molecule has 1 fully saturated rings. The van der Waals surface area contributed by atoms with Crippen molar-refractivity contribution in [1.82, 2.24) is 5.32 Å². The number of rotatable bonds is 5. The van der Waals surface area contributed by atoms with E-state index >= 15 is 0 Å². The Hall–Kier alpha value is -3.10. The molecule has 3 rings (SSSR count). The van der Waals surface area contributed by atoms with Gasteiger partial charge in [0.05, 0.1) is 10.5 Å². The largest absolute Gasteiger partial charge is 0.416 e. The third-order valence-electron chi connectivity index (χ3n) is 4.83. The fourth-order valence-electron chi connectivity index (χ4n) is 3.27. The van der Waals surface area contributed by atoms with E-state index in [0.717, 1.165) is 43.2 Å². The number of carbonyl (C=O) groups is 1. The summed E-state index contributed by atoms with van der Waals surface area (Å²) in [5.41, 5.74) is -0.552. The number of alkyl halides is 3. The molecule has 0 spiro atoms. The molecule has 9 heteroatoms. The Kier molecular flexibility index (Phi) is 6.05. The van der Waals surface area contributed by atoms with E-state index in [1.807, 2.05) is 24.3 Å². The van der Waals surface area contributed by atoms with Gasteiger partial charge in [0, 0.05) is 43.0 Å². The summed E-state index contributed by atoms with van der Waals surface area (Å²) in [5.74, 6) is -0.806. The molecule has 1 amide bonds. The Labute approximate surface area is 165 Å². The molecule has 1 heterocycles. The van der Waals surface area contributed by atoms with Gasteiger partial charge in [-0.1, -0.05) is 12.1 Å². The third-order valence-corrected chi connectivity index (χ3v) is 4.83. The van der Waals surface area contributed by atoms with Crippen LogP contribution in [0.2, 0.25) is 0 Å². The SMILES string of the molecule is O=C(NCc1ccc(N2CCCCC2)cc1)c1cc([N+](=O)[O-])cc(C(F)(F)F)c1. The molecule has 1 aliphatic rings. The van der Waals surface area contributed by atoms with E-state index < -0.39 is 33.8 Å². The fraction of sp³-hybridized carbons (Fsp3) is 0.350. The van der Waals surface area contributed by atoms with E-state index in [4.69, 9.17) is 0 Å². The van der Waals surface area contributed by atoms with Gasteiger partial charge in [-0.2, -0.15) is 13.2 Å². The Balaban J connectivity index is 1.68. The van der Waals surface area contributed by atoms with Crippen LogP contribution in [0.5, 0.6) is 0 Å². The Morgan fingerprint density at radius 1 is 1.07 bits per heavy atom. The van der Waals surface area contributed by atoms with Crippen molar-refractivity contribution in [3.05, 3.63) is 69.3 Å². The molecule has 0 unspecified atom stereocenters. The number of non-ortho nitro benzene ring substituents is 1. The van der Waals surface area contributed by atoms with Crippen LogP contribution < -0.4 is 10.2 Å². The average molecular weight is 407 g/mol. The number of halogens is 3.